The van der Waals surface area contributed by atoms with Crippen LogP contribution in [0.15, 0.2) is 24.3 Å². The maximum Gasteiger partial charge on any atom is 0.0769 e. The first-order valence-corrected chi connectivity index (χ1v) is 7.18. The maximum absolute atomic E-state index is 9.39. The van der Waals surface area contributed by atoms with Crippen LogP contribution in [0.1, 0.15) is 31.9 Å². The molecule has 0 aromatic heterocycles. The van der Waals surface area contributed by atoms with Gasteiger partial charge in [-0.3, -0.25) is 0 Å². The zero-order valence-electron chi connectivity index (χ0n) is 13.4. The SMILES string of the molecule is CN(Cc1ccccc1C(C)(C)C#N)CC(C)(CO)CO. The van der Waals surface area contributed by atoms with E-state index in [1.54, 1.807) is 0 Å². The third kappa shape index (κ3) is 4.53. The first kappa shape index (κ1) is 17.6. The molecule has 0 spiro atoms. The van der Waals surface area contributed by atoms with Gasteiger partial charge in [0.25, 0.3) is 0 Å². The van der Waals surface area contributed by atoms with Gasteiger partial charge in [0.2, 0.25) is 0 Å². The van der Waals surface area contributed by atoms with Crippen molar-refractivity contribution in [2.24, 2.45) is 5.41 Å². The number of hydrogen-bond acceptors (Lipinski definition) is 4. The van der Waals surface area contributed by atoms with Crippen LogP contribution >= 0.6 is 0 Å². The summed E-state index contributed by atoms with van der Waals surface area (Å²) in [4.78, 5) is 2.07. The summed E-state index contributed by atoms with van der Waals surface area (Å²) in [5.41, 5.74) is 1.07. The predicted molar refractivity (Wildman–Crippen MR) is 83.7 cm³/mol. The fourth-order valence-corrected chi connectivity index (χ4v) is 2.48. The van der Waals surface area contributed by atoms with E-state index in [-0.39, 0.29) is 13.2 Å². The van der Waals surface area contributed by atoms with E-state index in [0.717, 1.165) is 11.1 Å². The van der Waals surface area contributed by atoms with E-state index in [1.165, 1.54) is 0 Å². The van der Waals surface area contributed by atoms with E-state index in [9.17, 15) is 15.5 Å². The van der Waals surface area contributed by atoms with E-state index in [4.69, 9.17) is 0 Å². The Morgan fingerprint density at radius 3 is 2.24 bits per heavy atom. The Balaban J connectivity index is 2.92. The molecule has 0 heterocycles. The zero-order valence-corrected chi connectivity index (χ0v) is 13.4. The molecule has 0 aliphatic heterocycles. The average molecular weight is 290 g/mol. The molecule has 0 radical (unpaired) electrons. The minimum absolute atomic E-state index is 0.0564. The summed E-state index contributed by atoms with van der Waals surface area (Å²) in [6.45, 7) is 6.83. The summed E-state index contributed by atoms with van der Waals surface area (Å²) in [6, 6.07) is 10.3. The third-order valence-electron chi connectivity index (χ3n) is 3.83. The summed E-state index contributed by atoms with van der Waals surface area (Å²) < 4.78 is 0. The predicted octanol–water partition coefficient (Wildman–Crippen LogP) is 1.91. The highest BCUT2D eigenvalue weighted by molar-refractivity contribution is 5.37. The van der Waals surface area contributed by atoms with Gasteiger partial charge in [-0.25, -0.2) is 0 Å². The summed E-state index contributed by atoms with van der Waals surface area (Å²) in [5.74, 6) is 0. The molecule has 1 aromatic rings. The normalized spacial score (nSPS) is 12.5. The van der Waals surface area contributed by atoms with Crippen LogP contribution in [-0.4, -0.2) is 41.9 Å². The first-order valence-electron chi connectivity index (χ1n) is 7.18. The standard InChI is InChI=1S/C17H26N2O2/c1-16(2,10-18)15-8-6-5-7-14(15)9-19(4)11-17(3,12-20)13-21/h5-8,20-21H,9,11-13H2,1-4H3. The van der Waals surface area contributed by atoms with Gasteiger partial charge in [0, 0.05) is 18.5 Å². The van der Waals surface area contributed by atoms with Gasteiger partial charge in [-0.1, -0.05) is 31.2 Å². The summed E-state index contributed by atoms with van der Waals surface area (Å²) in [7, 11) is 1.96. The van der Waals surface area contributed by atoms with Crippen LogP contribution in [0, 0.1) is 16.7 Å². The lowest BCUT2D eigenvalue weighted by Crippen LogP contribution is -2.39. The number of rotatable bonds is 7. The molecule has 0 unspecified atom stereocenters. The van der Waals surface area contributed by atoms with Crippen molar-refractivity contribution in [2.75, 3.05) is 26.8 Å². The molecule has 0 fully saturated rings. The zero-order chi connectivity index (χ0) is 16.1. The van der Waals surface area contributed by atoms with Gasteiger partial charge in [-0.05, 0) is 32.0 Å². The van der Waals surface area contributed by atoms with Crippen molar-refractivity contribution in [1.29, 1.82) is 5.26 Å². The minimum Gasteiger partial charge on any atom is -0.396 e. The van der Waals surface area contributed by atoms with Gasteiger partial charge in [0.1, 0.15) is 0 Å². The molecule has 21 heavy (non-hydrogen) atoms. The molecule has 0 aliphatic carbocycles. The summed E-state index contributed by atoms with van der Waals surface area (Å²) in [6.07, 6.45) is 0. The number of aliphatic hydroxyl groups is 2. The van der Waals surface area contributed by atoms with Gasteiger partial charge >= 0.3 is 0 Å². The van der Waals surface area contributed by atoms with Gasteiger partial charge in [-0.15, -0.1) is 0 Å². The molecule has 0 atom stereocenters. The highest BCUT2D eigenvalue weighted by atomic mass is 16.3. The van der Waals surface area contributed by atoms with Crippen LogP contribution in [-0.2, 0) is 12.0 Å². The van der Waals surface area contributed by atoms with Crippen molar-refractivity contribution < 1.29 is 10.2 Å². The van der Waals surface area contributed by atoms with Gasteiger partial charge < -0.3 is 15.1 Å². The fraction of sp³-hybridized carbons (Fsp3) is 0.588. The number of nitriles is 1. The van der Waals surface area contributed by atoms with Gasteiger partial charge in [-0.2, -0.15) is 5.26 Å². The number of hydrogen-bond donors (Lipinski definition) is 2. The second-order valence-electron chi connectivity index (χ2n) is 6.69. The average Bonchev–Trinajstić information content (AvgIpc) is 2.47. The van der Waals surface area contributed by atoms with Crippen LogP contribution < -0.4 is 0 Å². The second-order valence-corrected chi connectivity index (χ2v) is 6.69. The lowest BCUT2D eigenvalue weighted by Gasteiger charge is -2.31. The first-order chi connectivity index (χ1) is 9.78. The molecular weight excluding hydrogens is 264 g/mol. The topological polar surface area (TPSA) is 67.5 Å². The molecule has 0 aliphatic rings. The van der Waals surface area contributed by atoms with Crippen LogP contribution in [0.3, 0.4) is 0 Å². The largest absolute Gasteiger partial charge is 0.396 e. The molecule has 0 amide bonds. The van der Waals surface area contributed by atoms with E-state index in [2.05, 4.69) is 11.0 Å². The quantitative estimate of drug-likeness (QED) is 0.805. The third-order valence-corrected chi connectivity index (χ3v) is 3.83. The van der Waals surface area contributed by atoms with Gasteiger partial charge in [0.15, 0.2) is 0 Å². The van der Waals surface area contributed by atoms with E-state index in [0.29, 0.717) is 13.1 Å². The summed E-state index contributed by atoms with van der Waals surface area (Å²) in [5, 5.41) is 28.1. The highest BCUT2D eigenvalue weighted by Gasteiger charge is 2.26. The lowest BCUT2D eigenvalue weighted by molar-refractivity contribution is 0.0401. The Hall–Kier alpha value is -1.41. The minimum atomic E-state index is -0.533. The molecular formula is C17H26N2O2. The molecule has 2 N–H and O–H groups in total. The van der Waals surface area contributed by atoms with E-state index < -0.39 is 10.8 Å². The van der Waals surface area contributed by atoms with Crippen molar-refractivity contribution in [3.8, 4) is 6.07 Å². The molecule has 0 bridgehead atoms. The van der Waals surface area contributed by atoms with Gasteiger partial charge in [0.05, 0.1) is 24.7 Å². The van der Waals surface area contributed by atoms with Crippen molar-refractivity contribution in [3.63, 3.8) is 0 Å². The van der Waals surface area contributed by atoms with Crippen LogP contribution in [0.5, 0.6) is 0 Å². The van der Waals surface area contributed by atoms with Crippen LogP contribution in [0.2, 0.25) is 0 Å². The Morgan fingerprint density at radius 1 is 1.14 bits per heavy atom. The molecule has 1 rings (SSSR count). The lowest BCUT2D eigenvalue weighted by atomic mass is 9.83. The van der Waals surface area contributed by atoms with E-state index >= 15 is 0 Å². The summed E-state index contributed by atoms with van der Waals surface area (Å²) >= 11 is 0. The Bertz CT molecular complexity index is 502. The Morgan fingerprint density at radius 2 is 1.71 bits per heavy atom. The number of benzene rings is 1. The molecule has 4 heteroatoms. The Labute approximate surface area is 127 Å². The van der Waals surface area contributed by atoms with Crippen LogP contribution in [0.4, 0.5) is 0 Å². The number of nitrogens with zero attached hydrogens (tertiary/aromatic N) is 2. The molecule has 0 saturated carbocycles. The molecule has 0 saturated heterocycles. The van der Waals surface area contributed by atoms with Crippen LogP contribution in [0.25, 0.3) is 0 Å². The van der Waals surface area contributed by atoms with Crippen molar-refractivity contribution in [2.45, 2.75) is 32.7 Å². The highest BCUT2D eigenvalue weighted by Crippen LogP contribution is 2.27. The van der Waals surface area contributed by atoms with Crippen molar-refractivity contribution in [1.82, 2.24) is 4.90 Å². The molecule has 4 nitrogen and oxygen atoms in total. The second kappa shape index (κ2) is 7.04. The smallest absolute Gasteiger partial charge is 0.0769 e. The molecule has 1 aromatic carbocycles. The van der Waals surface area contributed by atoms with E-state index in [1.807, 2.05) is 52.1 Å². The number of aliphatic hydroxyl groups excluding tert-OH is 2. The fourth-order valence-electron chi connectivity index (χ4n) is 2.48. The molecule has 116 valence electrons. The monoisotopic (exact) mass is 290 g/mol. The Kier molecular flexibility index (Phi) is 5.91. The van der Waals surface area contributed by atoms with Crippen molar-refractivity contribution in [3.05, 3.63) is 35.4 Å². The maximum atomic E-state index is 9.39. The van der Waals surface area contributed by atoms with Crippen molar-refractivity contribution >= 4 is 0 Å².